The second-order valence-electron chi connectivity index (χ2n) is 5.16. The van der Waals surface area contributed by atoms with Crippen LogP contribution < -0.4 is 5.32 Å². The fourth-order valence-electron chi connectivity index (χ4n) is 2.85. The van der Waals surface area contributed by atoms with Gasteiger partial charge in [0.2, 0.25) is 0 Å². The fraction of sp³-hybridized carbons (Fsp3) is 0.692. The summed E-state index contributed by atoms with van der Waals surface area (Å²) in [5.74, 6) is -0.0592. The van der Waals surface area contributed by atoms with Gasteiger partial charge in [-0.3, -0.25) is 9.69 Å². The van der Waals surface area contributed by atoms with E-state index in [1.54, 1.807) is 7.05 Å². The van der Waals surface area contributed by atoms with Crippen LogP contribution >= 0.6 is 11.3 Å². The first-order valence-corrected chi connectivity index (χ1v) is 7.55. The molecule has 2 unspecified atom stereocenters. The number of hydrogen-bond acceptors (Lipinski definition) is 5. The van der Waals surface area contributed by atoms with Crippen molar-refractivity contribution >= 4 is 17.2 Å². The minimum atomic E-state index is -0.0592. The zero-order valence-electron chi connectivity index (χ0n) is 11.3. The second kappa shape index (κ2) is 5.19. The highest BCUT2D eigenvalue weighted by atomic mass is 32.1. The summed E-state index contributed by atoms with van der Waals surface area (Å²) in [6.07, 6.45) is 2.53. The molecule has 0 saturated carbocycles. The first-order chi connectivity index (χ1) is 9.19. The number of amides is 1. The summed E-state index contributed by atoms with van der Waals surface area (Å²) < 4.78 is 5.93. The van der Waals surface area contributed by atoms with Crippen LogP contribution in [0.1, 0.15) is 39.3 Å². The van der Waals surface area contributed by atoms with Gasteiger partial charge in [0, 0.05) is 19.6 Å². The number of carbonyl (C=O) groups excluding carboxylic acids is 1. The van der Waals surface area contributed by atoms with Crippen molar-refractivity contribution in [3.8, 4) is 0 Å². The first-order valence-electron chi connectivity index (χ1n) is 6.74. The summed E-state index contributed by atoms with van der Waals surface area (Å²) >= 11 is 1.46. The largest absolute Gasteiger partial charge is 0.368 e. The summed E-state index contributed by atoms with van der Waals surface area (Å²) in [6, 6.07) is 0.593. The average Bonchev–Trinajstić information content (AvgIpc) is 3.03. The molecule has 0 aliphatic carbocycles. The quantitative estimate of drug-likeness (QED) is 0.889. The Morgan fingerprint density at radius 3 is 3.21 bits per heavy atom. The Kier molecular flexibility index (Phi) is 3.56. The molecule has 2 aliphatic rings. The van der Waals surface area contributed by atoms with Crippen LogP contribution in [0, 0.1) is 6.92 Å². The van der Waals surface area contributed by atoms with Gasteiger partial charge in [-0.1, -0.05) is 0 Å². The highest BCUT2D eigenvalue weighted by Gasteiger charge is 2.34. The monoisotopic (exact) mass is 281 g/mol. The predicted molar refractivity (Wildman–Crippen MR) is 73.5 cm³/mol. The SMILES string of the molecule is CNC(=O)c1sc(C2CN3CCCC3CO2)nc1C. The maximum Gasteiger partial charge on any atom is 0.263 e. The molecule has 0 bridgehead atoms. The third-order valence-electron chi connectivity index (χ3n) is 3.91. The van der Waals surface area contributed by atoms with E-state index in [4.69, 9.17) is 4.74 Å². The highest BCUT2D eigenvalue weighted by Crippen LogP contribution is 2.33. The number of thiazole rings is 1. The summed E-state index contributed by atoms with van der Waals surface area (Å²) in [5, 5.41) is 3.59. The number of aryl methyl sites for hydroxylation is 1. The lowest BCUT2D eigenvalue weighted by atomic mass is 10.2. The molecule has 5 nitrogen and oxygen atoms in total. The van der Waals surface area contributed by atoms with Crippen molar-refractivity contribution in [1.82, 2.24) is 15.2 Å². The molecule has 2 atom stereocenters. The number of morpholine rings is 1. The van der Waals surface area contributed by atoms with E-state index in [1.807, 2.05) is 6.92 Å². The number of aromatic nitrogens is 1. The maximum absolute atomic E-state index is 11.7. The van der Waals surface area contributed by atoms with E-state index in [2.05, 4.69) is 15.2 Å². The molecule has 2 fully saturated rings. The molecular formula is C13H19N3O2S. The standard InChI is InChI=1S/C13H19N3O2S/c1-8-11(12(17)14-2)19-13(15-8)10-6-16-5-3-4-9(16)7-18-10/h9-10H,3-7H2,1-2H3,(H,14,17). The van der Waals surface area contributed by atoms with E-state index in [0.29, 0.717) is 10.9 Å². The van der Waals surface area contributed by atoms with Crippen molar-refractivity contribution in [3.63, 3.8) is 0 Å². The molecule has 1 N–H and O–H groups in total. The molecule has 0 aromatic carbocycles. The average molecular weight is 281 g/mol. The van der Waals surface area contributed by atoms with E-state index >= 15 is 0 Å². The van der Waals surface area contributed by atoms with Crippen LogP contribution in [-0.2, 0) is 4.74 Å². The molecule has 1 amide bonds. The van der Waals surface area contributed by atoms with Crippen LogP contribution in [0.3, 0.4) is 0 Å². The van der Waals surface area contributed by atoms with Crippen molar-refractivity contribution in [2.45, 2.75) is 31.9 Å². The molecule has 2 aliphatic heterocycles. The summed E-state index contributed by atoms with van der Waals surface area (Å²) in [6.45, 7) is 4.74. The predicted octanol–water partition coefficient (Wildman–Crippen LogP) is 1.35. The van der Waals surface area contributed by atoms with E-state index in [9.17, 15) is 4.79 Å². The Hall–Kier alpha value is -0.980. The van der Waals surface area contributed by atoms with E-state index in [1.165, 1.54) is 24.2 Å². The van der Waals surface area contributed by atoms with Gasteiger partial charge in [0.1, 0.15) is 16.0 Å². The Bertz CT molecular complexity index is 488. The smallest absolute Gasteiger partial charge is 0.263 e. The lowest BCUT2D eigenvalue weighted by Gasteiger charge is -2.34. The Balaban J connectivity index is 1.77. The molecule has 1 aromatic rings. The van der Waals surface area contributed by atoms with Crippen LogP contribution in [0.15, 0.2) is 0 Å². The van der Waals surface area contributed by atoms with Crippen molar-refractivity contribution in [1.29, 1.82) is 0 Å². The van der Waals surface area contributed by atoms with Crippen LogP contribution in [0.25, 0.3) is 0 Å². The van der Waals surface area contributed by atoms with Gasteiger partial charge in [0.05, 0.1) is 12.3 Å². The third-order valence-corrected chi connectivity index (χ3v) is 5.16. The van der Waals surface area contributed by atoms with Crippen LogP contribution in [0.4, 0.5) is 0 Å². The molecule has 2 saturated heterocycles. The highest BCUT2D eigenvalue weighted by molar-refractivity contribution is 7.13. The molecule has 104 valence electrons. The number of nitrogens with one attached hydrogen (secondary N) is 1. The van der Waals surface area contributed by atoms with Crippen molar-refractivity contribution in [3.05, 3.63) is 15.6 Å². The van der Waals surface area contributed by atoms with Gasteiger partial charge in [0.25, 0.3) is 5.91 Å². The molecule has 1 aromatic heterocycles. The molecule has 3 rings (SSSR count). The normalized spacial score (nSPS) is 27.3. The topological polar surface area (TPSA) is 54.5 Å². The number of fused-ring (bicyclic) bond motifs is 1. The van der Waals surface area contributed by atoms with E-state index < -0.39 is 0 Å². The van der Waals surface area contributed by atoms with Crippen LogP contribution in [0.5, 0.6) is 0 Å². The molecule has 19 heavy (non-hydrogen) atoms. The minimum Gasteiger partial charge on any atom is -0.368 e. The second-order valence-corrected chi connectivity index (χ2v) is 6.19. The van der Waals surface area contributed by atoms with Crippen LogP contribution in [-0.4, -0.2) is 48.6 Å². The lowest BCUT2D eigenvalue weighted by molar-refractivity contribution is -0.0502. The summed E-state index contributed by atoms with van der Waals surface area (Å²) in [5.41, 5.74) is 0.798. The lowest BCUT2D eigenvalue weighted by Crippen LogP contribution is -2.42. The number of rotatable bonds is 2. The van der Waals surface area contributed by atoms with Gasteiger partial charge in [-0.2, -0.15) is 0 Å². The first kappa shape index (κ1) is 13.0. The summed E-state index contributed by atoms with van der Waals surface area (Å²) in [7, 11) is 1.65. The number of carbonyl (C=O) groups is 1. The van der Waals surface area contributed by atoms with Crippen molar-refractivity contribution in [2.75, 3.05) is 26.7 Å². The number of ether oxygens (including phenoxy) is 1. The van der Waals surface area contributed by atoms with Gasteiger partial charge >= 0.3 is 0 Å². The van der Waals surface area contributed by atoms with Gasteiger partial charge in [0.15, 0.2) is 0 Å². The van der Waals surface area contributed by atoms with E-state index in [0.717, 1.165) is 30.4 Å². The maximum atomic E-state index is 11.7. The Morgan fingerprint density at radius 1 is 1.58 bits per heavy atom. The van der Waals surface area contributed by atoms with Gasteiger partial charge < -0.3 is 10.1 Å². The molecule has 3 heterocycles. The van der Waals surface area contributed by atoms with Gasteiger partial charge in [-0.25, -0.2) is 4.98 Å². The Labute approximate surface area is 117 Å². The van der Waals surface area contributed by atoms with Crippen LogP contribution in [0.2, 0.25) is 0 Å². The minimum absolute atomic E-state index is 0.0245. The third kappa shape index (κ3) is 2.40. The molecule has 0 spiro atoms. The van der Waals surface area contributed by atoms with E-state index in [-0.39, 0.29) is 12.0 Å². The zero-order chi connectivity index (χ0) is 13.4. The number of hydrogen-bond donors (Lipinski definition) is 1. The van der Waals surface area contributed by atoms with Crippen molar-refractivity contribution < 1.29 is 9.53 Å². The zero-order valence-corrected chi connectivity index (χ0v) is 12.1. The molecular weight excluding hydrogens is 262 g/mol. The molecule has 6 heteroatoms. The number of nitrogens with zero attached hydrogens (tertiary/aromatic N) is 2. The van der Waals surface area contributed by atoms with Crippen molar-refractivity contribution in [2.24, 2.45) is 0 Å². The van der Waals surface area contributed by atoms with Gasteiger partial charge in [-0.05, 0) is 26.3 Å². The summed E-state index contributed by atoms with van der Waals surface area (Å²) in [4.78, 5) is 19.4. The van der Waals surface area contributed by atoms with Gasteiger partial charge in [-0.15, -0.1) is 11.3 Å². The fourth-order valence-corrected chi connectivity index (χ4v) is 3.90. The Morgan fingerprint density at radius 2 is 2.42 bits per heavy atom. The molecule has 0 radical (unpaired) electrons.